The molecule has 1 atom stereocenters. The van der Waals surface area contributed by atoms with Gasteiger partial charge in [0.25, 0.3) is 11.8 Å². The van der Waals surface area contributed by atoms with Crippen LogP contribution in [0.25, 0.3) is 10.6 Å². The van der Waals surface area contributed by atoms with E-state index in [0.717, 1.165) is 17.5 Å². The Kier molecular flexibility index (Phi) is 7.04. The lowest BCUT2D eigenvalue weighted by Gasteiger charge is -2.28. The number of alkyl halides is 2. The quantitative estimate of drug-likeness (QED) is 0.402. The zero-order valence-electron chi connectivity index (χ0n) is 17.3. The van der Waals surface area contributed by atoms with E-state index in [-0.39, 0.29) is 39.3 Å². The van der Waals surface area contributed by atoms with Gasteiger partial charge in [0.2, 0.25) is 0 Å². The van der Waals surface area contributed by atoms with Gasteiger partial charge >= 0.3 is 0 Å². The number of carbonyl (C=O) groups is 1. The summed E-state index contributed by atoms with van der Waals surface area (Å²) < 4.78 is 42.5. The highest BCUT2D eigenvalue weighted by molar-refractivity contribution is 7.19. The van der Waals surface area contributed by atoms with Crippen molar-refractivity contribution in [2.45, 2.75) is 24.8 Å². The fourth-order valence-electron chi connectivity index (χ4n) is 3.44. The third kappa shape index (κ3) is 5.19. The molecule has 3 rings (SSSR count). The number of nitrogen functional groups attached to an aromatic ring is 1. The minimum absolute atomic E-state index is 0.0172. The lowest BCUT2D eigenvalue weighted by atomic mass is 10.1. The number of hydrogen-bond donors (Lipinski definition) is 4. The number of carbonyl (C=O) groups excluding carboxylic acids is 1. The molecule has 12 heteroatoms. The third-order valence-corrected chi connectivity index (χ3v) is 5.81. The predicted molar refractivity (Wildman–Crippen MR) is 119 cm³/mol. The summed E-state index contributed by atoms with van der Waals surface area (Å²) in [5.41, 5.74) is 17.5. The van der Waals surface area contributed by atoms with Gasteiger partial charge < -0.3 is 27.4 Å². The first-order chi connectivity index (χ1) is 15.1. The SMILES string of the molecule is CN=C(/C(=C\N)NC(=O)c1nc(-c2ccccc2F)sc1N)N1CCC(N)CC(F)(F)C1. The van der Waals surface area contributed by atoms with Gasteiger partial charge in [0, 0.05) is 37.8 Å². The van der Waals surface area contributed by atoms with E-state index >= 15 is 0 Å². The summed E-state index contributed by atoms with van der Waals surface area (Å²) >= 11 is 0.951. The van der Waals surface area contributed by atoms with Crippen molar-refractivity contribution >= 4 is 28.1 Å². The van der Waals surface area contributed by atoms with Crippen LogP contribution in [0.1, 0.15) is 23.3 Å². The number of nitrogens with one attached hydrogen (secondary N) is 1. The molecule has 1 saturated heterocycles. The van der Waals surface area contributed by atoms with Gasteiger partial charge in [-0.05, 0) is 18.6 Å². The number of anilines is 1. The Morgan fingerprint density at radius 1 is 1.41 bits per heavy atom. The van der Waals surface area contributed by atoms with E-state index in [0.29, 0.717) is 6.42 Å². The maximum absolute atomic E-state index is 14.2. The van der Waals surface area contributed by atoms with Gasteiger partial charge in [-0.1, -0.05) is 23.5 Å². The van der Waals surface area contributed by atoms with E-state index in [9.17, 15) is 18.0 Å². The van der Waals surface area contributed by atoms with Crippen molar-refractivity contribution in [3.63, 3.8) is 0 Å². The second-order valence-electron chi connectivity index (χ2n) is 7.32. The van der Waals surface area contributed by atoms with E-state index in [1.165, 1.54) is 30.1 Å². The second-order valence-corrected chi connectivity index (χ2v) is 8.35. The van der Waals surface area contributed by atoms with E-state index in [1.54, 1.807) is 6.07 Å². The minimum Gasteiger partial charge on any atom is -0.403 e. The predicted octanol–water partition coefficient (Wildman–Crippen LogP) is 2.15. The lowest BCUT2D eigenvalue weighted by Crippen LogP contribution is -2.44. The topological polar surface area (TPSA) is 136 Å². The number of nitrogens with two attached hydrogens (primary N) is 3. The van der Waals surface area contributed by atoms with E-state index in [4.69, 9.17) is 17.2 Å². The molecule has 1 aromatic carbocycles. The number of nitrogens with zero attached hydrogens (tertiary/aromatic N) is 3. The molecular weight excluding hydrogens is 443 g/mol. The molecule has 8 nitrogen and oxygen atoms in total. The van der Waals surface area contributed by atoms with Crippen molar-refractivity contribution in [1.82, 2.24) is 15.2 Å². The zero-order valence-corrected chi connectivity index (χ0v) is 18.1. The van der Waals surface area contributed by atoms with Crippen molar-refractivity contribution in [3.05, 3.63) is 47.7 Å². The lowest BCUT2D eigenvalue weighted by molar-refractivity contribution is -0.0203. The van der Waals surface area contributed by atoms with Crippen molar-refractivity contribution < 1.29 is 18.0 Å². The summed E-state index contributed by atoms with van der Waals surface area (Å²) in [5, 5.41) is 2.83. The van der Waals surface area contributed by atoms with Crippen molar-refractivity contribution in [3.8, 4) is 10.6 Å². The van der Waals surface area contributed by atoms with Gasteiger partial charge in [-0.25, -0.2) is 18.2 Å². The summed E-state index contributed by atoms with van der Waals surface area (Å²) in [6, 6.07) is 5.31. The van der Waals surface area contributed by atoms with Gasteiger partial charge in [0.15, 0.2) is 5.69 Å². The van der Waals surface area contributed by atoms with Crippen molar-refractivity contribution in [2.24, 2.45) is 16.5 Å². The Bertz CT molecular complexity index is 1050. The Hall–Kier alpha value is -3.12. The second kappa shape index (κ2) is 9.57. The number of halogens is 3. The molecule has 7 N–H and O–H groups in total. The monoisotopic (exact) mass is 467 g/mol. The fourth-order valence-corrected chi connectivity index (χ4v) is 4.30. The number of likely N-dealkylation sites (tertiary alicyclic amines) is 1. The average Bonchev–Trinajstić information content (AvgIpc) is 3.05. The smallest absolute Gasteiger partial charge is 0.277 e. The van der Waals surface area contributed by atoms with Crippen LogP contribution in [0.5, 0.6) is 0 Å². The molecule has 1 fully saturated rings. The van der Waals surface area contributed by atoms with Crippen molar-refractivity contribution in [2.75, 3.05) is 25.9 Å². The molecule has 1 aromatic heterocycles. The summed E-state index contributed by atoms with van der Waals surface area (Å²) in [6.45, 7) is -0.399. The van der Waals surface area contributed by atoms with E-state index in [2.05, 4.69) is 15.3 Å². The van der Waals surface area contributed by atoms with E-state index in [1.807, 2.05) is 0 Å². The average molecular weight is 468 g/mol. The third-order valence-electron chi connectivity index (χ3n) is 4.89. The van der Waals surface area contributed by atoms with Gasteiger partial charge in [-0.15, -0.1) is 0 Å². The van der Waals surface area contributed by atoms with Crippen LogP contribution in [0.3, 0.4) is 0 Å². The van der Waals surface area contributed by atoms with Gasteiger partial charge in [-0.2, -0.15) is 0 Å². The van der Waals surface area contributed by atoms with Crippen LogP contribution in [0.15, 0.2) is 41.2 Å². The maximum atomic E-state index is 14.2. The van der Waals surface area contributed by atoms with E-state index < -0.39 is 36.7 Å². The molecule has 0 aliphatic carbocycles. The molecule has 0 radical (unpaired) electrons. The molecule has 2 heterocycles. The highest BCUT2D eigenvalue weighted by Crippen LogP contribution is 2.32. The Morgan fingerprint density at radius 2 is 2.12 bits per heavy atom. The standard InChI is InChI=1S/C20H24F3N7OS/c1-27-17(30-7-6-11(25)8-20(22,23)10-30)14(9-24)28-18(31)15-16(26)32-19(29-15)12-4-2-3-5-13(12)21/h2-5,9,11H,6-8,10,24-26H2,1H3,(H,28,31)/b14-9+,27-17?. The summed E-state index contributed by atoms with van der Waals surface area (Å²) in [7, 11) is 1.40. The van der Waals surface area contributed by atoms with Crippen LogP contribution in [0, 0.1) is 5.82 Å². The minimum atomic E-state index is -3.02. The highest BCUT2D eigenvalue weighted by Gasteiger charge is 2.38. The zero-order chi connectivity index (χ0) is 23.5. The Morgan fingerprint density at radius 3 is 2.78 bits per heavy atom. The molecule has 2 aromatic rings. The van der Waals surface area contributed by atoms with Crippen LogP contribution in [-0.2, 0) is 0 Å². The van der Waals surface area contributed by atoms with Crippen LogP contribution in [-0.4, -0.2) is 53.7 Å². The summed E-state index contributed by atoms with van der Waals surface area (Å²) in [6.07, 6.45) is 0.942. The number of aliphatic imine (C=N–C) groups is 1. The molecule has 1 aliphatic rings. The first-order valence-corrected chi connectivity index (χ1v) is 10.6. The molecule has 1 aliphatic heterocycles. The number of benzene rings is 1. The molecule has 0 spiro atoms. The highest BCUT2D eigenvalue weighted by atomic mass is 32.1. The van der Waals surface area contributed by atoms with Gasteiger partial charge in [-0.3, -0.25) is 9.79 Å². The van der Waals surface area contributed by atoms with Gasteiger partial charge in [0.05, 0.1) is 12.2 Å². The molecule has 32 heavy (non-hydrogen) atoms. The maximum Gasteiger partial charge on any atom is 0.277 e. The number of aromatic nitrogens is 1. The molecule has 0 bridgehead atoms. The largest absolute Gasteiger partial charge is 0.403 e. The number of rotatable bonds is 4. The number of amidine groups is 1. The van der Waals surface area contributed by atoms with Crippen LogP contribution < -0.4 is 22.5 Å². The van der Waals surface area contributed by atoms with Crippen LogP contribution >= 0.6 is 11.3 Å². The molecular formula is C20H24F3N7OS. The van der Waals surface area contributed by atoms with Crippen LogP contribution in [0.4, 0.5) is 18.2 Å². The van der Waals surface area contributed by atoms with Gasteiger partial charge in [0.1, 0.15) is 21.7 Å². The molecule has 1 amide bonds. The Labute approximate surface area is 187 Å². The first-order valence-electron chi connectivity index (χ1n) is 9.75. The fraction of sp³-hybridized carbons (Fsp3) is 0.350. The van der Waals surface area contributed by atoms with Crippen molar-refractivity contribution in [1.29, 1.82) is 0 Å². The first kappa shape index (κ1) is 23.5. The number of thiazole rings is 1. The summed E-state index contributed by atoms with van der Waals surface area (Å²) in [4.78, 5) is 22.4. The molecule has 0 saturated carbocycles. The van der Waals surface area contributed by atoms with Crippen LogP contribution in [0.2, 0.25) is 0 Å². The Balaban J connectivity index is 1.82. The number of hydrogen-bond acceptors (Lipinski definition) is 7. The summed E-state index contributed by atoms with van der Waals surface area (Å²) in [5.74, 6) is -4.17. The molecule has 1 unspecified atom stereocenters. The number of amides is 1. The normalized spacial score (nSPS) is 19.5. The molecule has 172 valence electrons.